The predicted molar refractivity (Wildman–Crippen MR) is 71.4 cm³/mol. The van der Waals surface area contributed by atoms with E-state index in [1.165, 1.54) is 0 Å². The fourth-order valence-electron chi connectivity index (χ4n) is 2.30. The lowest BCUT2D eigenvalue weighted by atomic mass is 9.66. The lowest BCUT2D eigenvalue weighted by Gasteiger charge is -2.45. The molecule has 0 bridgehead atoms. The molecule has 0 radical (unpaired) electrons. The van der Waals surface area contributed by atoms with Crippen LogP contribution in [0.2, 0.25) is 0 Å². The van der Waals surface area contributed by atoms with Crippen molar-refractivity contribution >= 4 is 11.7 Å². The summed E-state index contributed by atoms with van der Waals surface area (Å²) >= 11 is 0. The maximum Gasteiger partial charge on any atom is 0.236 e. The highest BCUT2D eigenvalue weighted by Gasteiger charge is 2.50. The minimum Gasteiger partial charge on any atom is -0.409 e. The fraction of sp³-hybridized carbons (Fsp3) is 0.846. The Morgan fingerprint density at radius 2 is 1.94 bits per heavy atom. The summed E-state index contributed by atoms with van der Waals surface area (Å²) in [5.74, 6) is 0.0122. The van der Waals surface area contributed by atoms with Crippen molar-refractivity contribution in [2.24, 2.45) is 21.7 Å². The fourth-order valence-corrected chi connectivity index (χ4v) is 2.30. The Bertz CT molecular complexity index is 354. The van der Waals surface area contributed by atoms with E-state index in [9.17, 15) is 4.79 Å². The van der Waals surface area contributed by atoms with E-state index in [2.05, 4.69) is 25.9 Å². The normalized spacial score (nSPS) is 21.1. The summed E-state index contributed by atoms with van der Waals surface area (Å²) in [6, 6.07) is 0.0916. The quantitative estimate of drug-likeness (QED) is 0.349. The average molecular weight is 255 g/mol. The van der Waals surface area contributed by atoms with E-state index in [1.807, 2.05) is 6.92 Å². The Hall–Kier alpha value is -1.26. The van der Waals surface area contributed by atoms with Gasteiger partial charge in [-0.15, -0.1) is 0 Å². The number of hydrogen-bond donors (Lipinski definition) is 2. The summed E-state index contributed by atoms with van der Waals surface area (Å²) in [6.07, 6.45) is 2.28. The Morgan fingerprint density at radius 3 is 2.22 bits per heavy atom. The first-order valence-electron chi connectivity index (χ1n) is 6.42. The Balaban J connectivity index is 2.93. The molecule has 1 rings (SSSR count). The summed E-state index contributed by atoms with van der Waals surface area (Å²) in [5, 5.41) is 11.9. The van der Waals surface area contributed by atoms with Crippen LogP contribution >= 0.6 is 0 Å². The molecule has 18 heavy (non-hydrogen) atoms. The highest BCUT2D eigenvalue weighted by molar-refractivity contribution is 6.07. The smallest absolute Gasteiger partial charge is 0.236 e. The summed E-state index contributed by atoms with van der Waals surface area (Å²) in [7, 11) is 1.79. The molecule has 1 unspecified atom stereocenters. The predicted octanol–water partition coefficient (Wildman–Crippen LogP) is 1.80. The second-order valence-corrected chi connectivity index (χ2v) is 6.38. The maximum atomic E-state index is 12.6. The van der Waals surface area contributed by atoms with Crippen LogP contribution in [0.25, 0.3) is 0 Å². The number of rotatable bonds is 3. The van der Waals surface area contributed by atoms with E-state index >= 15 is 0 Å². The SMILES string of the molecule is CC(N(C)C(=O)C1(C(N)=NO)CCC1)C(C)(C)C. The number of nitrogens with zero attached hydrogens (tertiary/aromatic N) is 2. The highest BCUT2D eigenvalue weighted by Crippen LogP contribution is 2.43. The number of hydrogen-bond acceptors (Lipinski definition) is 3. The lowest BCUT2D eigenvalue weighted by Crippen LogP contribution is -2.57. The Morgan fingerprint density at radius 1 is 1.44 bits per heavy atom. The largest absolute Gasteiger partial charge is 0.409 e. The topological polar surface area (TPSA) is 78.9 Å². The third-order valence-corrected chi connectivity index (χ3v) is 4.37. The zero-order chi connectivity index (χ0) is 14.1. The van der Waals surface area contributed by atoms with Gasteiger partial charge in [-0.25, -0.2) is 0 Å². The molecule has 1 fully saturated rings. The summed E-state index contributed by atoms with van der Waals surface area (Å²) in [6.45, 7) is 8.31. The Kier molecular flexibility index (Phi) is 3.93. The number of oxime groups is 1. The number of carbonyl (C=O) groups is 1. The van der Waals surface area contributed by atoms with Crippen LogP contribution in [-0.4, -0.2) is 34.9 Å². The third kappa shape index (κ3) is 2.31. The van der Waals surface area contributed by atoms with Crippen LogP contribution < -0.4 is 5.73 Å². The molecule has 0 saturated heterocycles. The van der Waals surface area contributed by atoms with Crippen LogP contribution in [0.3, 0.4) is 0 Å². The van der Waals surface area contributed by atoms with E-state index in [0.717, 1.165) is 6.42 Å². The van der Waals surface area contributed by atoms with Crippen molar-refractivity contribution in [2.45, 2.75) is 53.0 Å². The third-order valence-electron chi connectivity index (χ3n) is 4.37. The first-order valence-corrected chi connectivity index (χ1v) is 6.42. The average Bonchev–Trinajstić information content (AvgIpc) is 2.23. The van der Waals surface area contributed by atoms with Gasteiger partial charge in [0, 0.05) is 13.1 Å². The van der Waals surface area contributed by atoms with Gasteiger partial charge in [-0.1, -0.05) is 32.3 Å². The standard InChI is InChI=1S/C13H25N3O2/c1-9(12(2,3)4)16(5)11(17)13(7-6-8-13)10(14)15-18/h9,18H,6-8H2,1-5H3,(H2,14,15). The van der Waals surface area contributed by atoms with E-state index in [1.54, 1.807) is 11.9 Å². The van der Waals surface area contributed by atoms with Crippen LogP contribution in [0.5, 0.6) is 0 Å². The van der Waals surface area contributed by atoms with Crippen molar-refractivity contribution in [1.29, 1.82) is 0 Å². The van der Waals surface area contributed by atoms with Gasteiger partial charge in [-0.3, -0.25) is 4.79 Å². The molecule has 104 valence electrons. The minimum absolute atomic E-state index is 0.000463. The molecule has 1 aliphatic rings. The molecular formula is C13H25N3O2. The van der Waals surface area contributed by atoms with Crippen molar-refractivity contribution in [3.8, 4) is 0 Å². The number of amides is 1. The van der Waals surface area contributed by atoms with Crippen molar-refractivity contribution in [3.05, 3.63) is 0 Å². The minimum atomic E-state index is -0.775. The molecule has 0 aromatic heterocycles. The van der Waals surface area contributed by atoms with Crippen LogP contribution in [-0.2, 0) is 4.79 Å². The van der Waals surface area contributed by atoms with Crippen LogP contribution in [0.15, 0.2) is 5.16 Å². The van der Waals surface area contributed by atoms with Crippen molar-refractivity contribution in [3.63, 3.8) is 0 Å². The summed E-state index contributed by atoms with van der Waals surface area (Å²) < 4.78 is 0. The van der Waals surface area contributed by atoms with Crippen LogP contribution in [0, 0.1) is 10.8 Å². The molecule has 3 N–H and O–H groups in total. The molecular weight excluding hydrogens is 230 g/mol. The Labute approximate surface area is 109 Å². The van der Waals surface area contributed by atoms with E-state index in [4.69, 9.17) is 10.9 Å². The van der Waals surface area contributed by atoms with Gasteiger partial charge in [0.2, 0.25) is 5.91 Å². The van der Waals surface area contributed by atoms with Crippen molar-refractivity contribution < 1.29 is 10.0 Å². The van der Waals surface area contributed by atoms with Gasteiger partial charge < -0.3 is 15.8 Å². The molecule has 0 aromatic carbocycles. The molecule has 1 atom stereocenters. The first-order chi connectivity index (χ1) is 8.16. The van der Waals surface area contributed by atoms with E-state index in [-0.39, 0.29) is 23.2 Å². The van der Waals surface area contributed by atoms with Crippen LogP contribution in [0.1, 0.15) is 47.0 Å². The lowest BCUT2D eigenvalue weighted by molar-refractivity contribution is -0.144. The first kappa shape index (κ1) is 14.8. The molecule has 5 nitrogen and oxygen atoms in total. The van der Waals surface area contributed by atoms with Crippen LogP contribution in [0.4, 0.5) is 0 Å². The monoisotopic (exact) mass is 255 g/mol. The number of carbonyl (C=O) groups excluding carboxylic acids is 1. The summed E-state index contributed by atoms with van der Waals surface area (Å²) in [5.41, 5.74) is 4.94. The zero-order valence-electron chi connectivity index (χ0n) is 12.0. The van der Waals surface area contributed by atoms with E-state index in [0.29, 0.717) is 12.8 Å². The van der Waals surface area contributed by atoms with Gasteiger partial charge in [0.25, 0.3) is 0 Å². The highest BCUT2D eigenvalue weighted by atomic mass is 16.4. The molecule has 0 aliphatic heterocycles. The second-order valence-electron chi connectivity index (χ2n) is 6.38. The molecule has 5 heteroatoms. The van der Waals surface area contributed by atoms with Gasteiger partial charge in [0.15, 0.2) is 5.84 Å². The molecule has 1 amide bonds. The van der Waals surface area contributed by atoms with Gasteiger partial charge in [0.05, 0.1) is 0 Å². The molecule has 0 heterocycles. The van der Waals surface area contributed by atoms with Gasteiger partial charge in [-0.05, 0) is 25.2 Å². The number of amidine groups is 1. The van der Waals surface area contributed by atoms with Crippen molar-refractivity contribution in [2.75, 3.05) is 7.05 Å². The van der Waals surface area contributed by atoms with Gasteiger partial charge in [0.1, 0.15) is 5.41 Å². The summed E-state index contributed by atoms with van der Waals surface area (Å²) in [4.78, 5) is 14.3. The molecule has 1 aliphatic carbocycles. The number of nitrogens with two attached hydrogens (primary N) is 1. The van der Waals surface area contributed by atoms with Gasteiger partial charge >= 0.3 is 0 Å². The molecule has 0 aromatic rings. The van der Waals surface area contributed by atoms with E-state index < -0.39 is 5.41 Å². The molecule has 1 saturated carbocycles. The molecule has 0 spiro atoms. The van der Waals surface area contributed by atoms with Crippen molar-refractivity contribution in [1.82, 2.24) is 4.90 Å². The zero-order valence-corrected chi connectivity index (χ0v) is 12.0. The maximum absolute atomic E-state index is 12.6. The second kappa shape index (κ2) is 4.78. The van der Waals surface area contributed by atoms with Gasteiger partial charge in [-0.2, -0.15) is 0 Å².